The van der Waals surface area contributed by atoms with Gasteiger partial charge in [0.2, 0.25) is 5.69 Å². The fraction of sp³-hybridized carbons (Fsp3) is 0.500. The van der Waals surface area contributed by atoms with Crippen molar-refractivity contribution in [2.45, 2.75) is 105 Å². The van der Waals surface area contributed by atoms with Gasteiger partial charge in [0.15, 0.2) is 5.71 Å². The van der Waals surface area contributed by atoms with Crippen molar-refractivity contribution < 1.29 is 66.4 Å². The summed E-state index contributed by atoms with van der Waals surface area (Å²) in [7, 11) is -17.8. The maximum Gasteiger partial charge on any atom is 0.303 e. The second kappa shape index (κ2) is 18.3. The lowest BCUT2D eigenvalue weighted by molar-refractivity contribution is -0.433. The molecule has 1 aliphatic carbocycles. The highest BCUT2D eigenvalue weighted by atomic mass is 35.5. The van der Waals surface area contributed by atoms with E-state index in [9.17, 15) is 61.8 Å². The van der Waals surface area contributed by atoms with Crippen molar-refractivity contribution in [1.29, 1.82) is 0 Å². The molecule has 4 atom stereocenters. The zero-order chi connectivity index (χ0) is 45.3. The quantitative estimate of drug-likeness (QED) is 0.0623. The molecule has 0 radical (unpaired) electrons. The molecule has 21 heteroatoms. The van der Waals surface area contributed by atoms with Crippen molar-refractivity contribution in [2.24, 2.45) is 5.92 Å². The van der Waals surface area contributed by atoms with Gasteiger partial charge >= 0.3 is 5.97 Å². The minimum absolute atomic E-state index is 0.00816. The lowest BCUT2D eigenvalue weighted by Crippen LogP contribution is -2.32. The van der Waals surface area contributed by atoms with Gasteiger partial charge in [-0.25, -0.2) is 0 Å². The maximum absolute atomic E-state index is 12.2. The van der Waals surface area contributed by atoms with E-state index in [1.54, 1.807) is 11.0 Å². The molecule has 5 N–H and O–H groups in total. The summed E-state index contributed by atoms with van der Waals surface area (Å²) in [5.41, 5.74) is 2.48. The number of hydrogen-bond acceptors (Lipinski definition) is 10. The Bertz CT molecular complexity index is 2640. The molecule has 1 fully saturated rings. The zero-order valence-corrected chi connectivity index (χ0v) is 38.0. The molecule has 336 valence electrons. The Kier molecular flexibility index (Phi) is 14.6. The number of carbonyl (C=O) groups is 1. The van der Waals surface area contributed by atoms with Crippen LogP contribution in [0.4, 0.5) is 11.4 Å². The Morgan fingerprint density at radius 2 is 1.43 bits per heavy atom. The van der Waals surface area contributed by atoms with Crippen LogP contribution in [0.5, 0.6) is 0 Å². The standard InChI is InChI=1S/C40H51ClN2O14S4/c1-4-42-33-16-14-29(60(52,53)54)25-31(33)40(3,21-7-23-58(46,47)48)35(42)18-12-27-9-5-10-28(38(27)41)13-19-36-39(2,20-6-11-37(44)45)32-26-30(61(55,56)57)15-17-34(32)43(36)22-8-24-59(49,50)51/h12-19,25-27,38H,4-11,20-24H2,1-3H3,(H4-,44,45,46,47,48,49,50,51,52,53,54,55,56,57)/p+1/b18-12+,28-13+,36-19+. The molecule has 0 aromatic heterocycles. The smallest absolute Gasteiger partial charge is 0.303 e. The van der Waals surface area contributed by atoms with Gasteiger partial charge in [0.05, 0.1) is 32.1 Å². The molecule has 2 heterocycles. The molecule has 2 aromatic carbocycles. The number of carboxylic acids is 1. The Balaban J connectivity index is 1.55. The predicted octanol–water partition coefficient (Wildman–Crippen LogP) is 6.31. The number of halogens is 1. The molecule has 0 saturated heterocycles. The highest BCUT2D eigenvalue weighted by Crippen LogP contribution is 2.52. The van der Waals surface area contributed by atoms with Gasteiger partial charge in [0.25, 0.3) is 40.5 Å². The summed E-state index contributed by atoms with van der Waals surface area (Å²) in [5, 5.41) is 8.92. The third kappa shape index (κ3) is 11.2. The molecule has 3 aliphatic rings. The van der Waals surface area contributed by atoms with Gasteiger partial charge in [0.1, 0.15) is 6.54 Å². The molecular formula is C40H52ClN2O14S4+. The van der Waals surface area contributed by atoms with Crippen LogP contribution in [0.3, 0.4) is 0 Å². The van der Waals surface area contributed by atoms with E-state index in [4.69, 9.17) is 11.6 Å². The van der Waals surface area contributed by atoms with E-state index in [-0.39, 0.29) is 60.8 Å². The van der Waals surface area contributed by atoms with E-state index in [1.807, 2.05) is 49.7 Å². The highest BCUT2D eigenvalue weighted by Gasteiger charge is 2.48. The first-order valence-electron chi connectivity index (χ1n) is 19.7. The van der Waals surface area contributed by atoms with Crippen LogP contribution in [-0.2, 0) is 56.1 Å². The molecule has 2 aromatic rings. The fourth-order valence-corrected chi connectivity index (χ4v) is 11.4. The van der Waals surface area contributed by atoms with E-state index in [1.165, 1.54) is 30.3 Å². The fourth-order valence-electron chi connectivity index (χ4n) is 8.97. The van der Waals surface area contributed by atoms with E-state index in [0.717, 1.165) is 17.7 Å². The average Bonchev–Trinajstić information content (AvgIpc) is 3.51. The number of allylic oxidation sites excluding steroid dienone is 6. The Morgan fingerprint density at radius 1 is 0.836 bits per heavy atom. The number of benzene rings is 2. The van der Waals surface area contributed by atoms with Crippen molar-refractivity contribution in [3.05, 3.63) is 83.1 Å². The second-order valence-corrected chi connectivity index (χ2v) is 22.6. The van der Waals surface area contributed by atoms with Crippen molar-refractivity contribution in [1.82, 2.24) is 0 Å². The molecule has 0 spiro atoms. The van der Waals surface area contributed by atoms with Gasteiger partial charge in [-0.15, -0.1) is 11.6 Å². The Hall–Kier alpha value is -3.47. The number of carboxylic acid groups (broad SMARTS) is 1. The summed E-state index contributed by atoms with van der Waals surface area (Å²) in [4.78, 5) is 12.7. The first-order valence-corrected chi connectivity index (χ1v) is 26.3. The molecule has 4 unspecified atom stereocenters. The van der Waals surface area contributed by atoms with Gasteiger partial charge in [-0.1, -0.05) is 17.7 Å². The van der Waals surface area contributed by atoms with Crippen LogP contribution < -0.4 is 4.90 Å². The van der Waals surface area contributed by atoms with Gasteiger partial charge in [-0.2, -0.15) is 38.2 Å². The Morgan fingerprint density at radius 3 is 2.02 bits per heavy atom. The van der Waals surface area contributed by atoms with Crippen LogP contribution in [-0.4, -0.2) is 103 Å². The van der Waals surface area contributed by atoms with Crippen LogP contribution >= 0.6 is 11.6 Å². The van der Waals surface area contributed by atoms with Crippen LogP contribution in [0, 0.1) is 5.92 Å². The largest absolute Gasteiger partial charge is 0.481 e. The number of fused-ring (bicyclic) bond motifs is 2. The molecule has 61 heavy (non-hydrogen) atoms. The summed E-state index contributed by atoms with van der Waals surface area (Å²) in [6.07, 6.45) is 10.1. The first-order chi connectivity index (χ1) is 28.2. The highest BCUT2D eigenvalue weighted by molar-refractivity contribution is 7.86. The Labute approximate surface area is 362 Å². The lowest BCUT2D eigenvalue weighted by Gasteiger charge is -2.31. The van der Waals surface area contributed by atoms with E-state index >= 15 is 0 Å². The summed E-state index contributed by atoms with van der Waals surface area (Å²) < 4.78 is 136. The molecular weight excluding hydrogens is 896 g/mol. The van der Waals surface area contributed by atoms with E-state index in [2.05, 4.69) is 0 Å². The van der Waals surface area contributed by atoms with Crippen LogP contribution in [0.15, 0.2) is 81.8 Å². The van der Waals surface area contributed by atoms with Crippen LogP contribution in [0.25, 0.3) is 0 Å². The zero-order valence-electron chi connectivity index (χ0n) is 33.9. The summed E-state index contributed by atoms with van der Waals surface area (Å²) in [6.45, 7) is 6.12. The van der Waals surface area contributed by atoms with Crippen LogP contribution in [0.2, 0.25) is 0 Å². The van der Waals surface area contributed by atoms with E-state index in [0.29, 0.717) is 47.6 Å². The third-order valence-corrected chi connectivity index (χ3v) is 15.9. The maximum atomic E-state index is 12.2. The minimum Gasteiger partial charge on any atom is -0.481 e. The molecule has 0 bridgehead atoms. The van der Waals surface area contributed by atoms with Gasteiger partial charge in [-0.05, 0) is 120 Å². The summed E-state index contributed by atoms with van der Waals surface area (Å²) in [5.74, 6) is -2.32. The van der Waals surface area contributed by atoms with Crippen molar-refractivity contribution in [2.75, 3.05) is 29.5 Å². The average molecular weight is 949 g/mol. The lowest BCUT2D eigenvalue weighted by atomic mass is 9.75. The third-order valence-electron chi connectivity index (χ3n) is 12.0. The monoisotopic (exact) mass is 947 g/mol. The van der Waals surface area contributed by atoms with Crippen molar-refractivity contribution in [3.63, 3.8) is 0 Å². The molecule has 1 saturated carbocycles. The number of anilines is 1. The number of hydrogen-bond donors (Lipinski definition) is 5. The van der Waals surface area contributed by atoms with Gasteiger partial charge in [-0.3, -0.25) is 23.0 Å². The van der Waals surface area contributed by atoms with Crippen molar-refractivity contribution in [3.8, 4) is 0 Å². The number of rotatable bonds is 18. The molecule has 16 nitrogen and oxygen atoms in total. The minimum atomic E-state index is -4.63. The van der Waals surface area contributed by atoms with Crippen LogP contribution in [0.1, 0.15) is 89.7 Å². The SMILES string of the molecule is CC[N+]1=C(/C=C/C2CCC/C(=C\C=C3\N(CCCS(=O)(=O)O)c4ccc(S(=O)(=O)O)cc4C3(C)CCCC(=O)O)C2Cl)C(C)(CCCS(=O)(=O)O)c2cc(S(=O)(=O)O)ccc21. The predicted molar refractivity (Wildman–Crippen MR) is 230 cm³/mol. The number of aliphatic carboxylic acids is 1. The summed E-state index contributed by atoms with van der Waals surface area (Å²) >= 11 is 7.25. The van der Waals surface area contributed by atoms with Gasteiger partial charge < -0.3 is 10.0 Å². The molecule has 5 rings (SSSR count). The van der Waals surface area contributed by atoms with E-state index < -0.39 is 74.2 Å². The number of alkyl halides is 1. The normalized spacial score (nSPS) is 24.9. The second-order valence-electron chi connectivity index (χ2n) is 16.1. The molecule has 2 aliphatic heterocycles. The van der Waals surface area contributed by atoms with Crippen molar-refractivity contribution >= 4 is 75.1 Å². The topological polar surface area (TPSA) is 261 Å². The first kappa shape index (κ1) is 48.6. The van der Waals surface area contributed by atoms with Gasteiger partial charge in [0, 0.05) is 47.5 Å². The molecule has 0 amide bonds. The summed E-state index contributed by atoms with van der Waals surface area (Å²) in [6, 6.07) is 8.33. The number of nitrogens with zero attached hydrogens (tertiary/aromatic N) is 2.